The van der Waals surface area contributed by atoms with Crippen molar-refractivity contribution in [2.45, 2.75) is 13.5 Å². The number of aryl methyl sites for hydroxylation is 1. The lowest BCUT2D eigenvalue weighted by Crippen LogP contribution is -2.19. The molecule has 25 heavy (non-hydrogen) atoms. The van der Waals surface area contributed by atoms with Gasteiger partial charge in [-0.2, -0.15) is 5.10 Å². The van der Waals surface area contributed by atoms with Crippen LogP contribution >= 0.6 is 35.4 Å². The highest BCUT2D eigenvalue weighted by Gasteiger charge is 2.05. The minimum Gasteiger partial charge on any atom is -0.332 e. The minimum atomic E-state index is 0.416. The second kappa shape index (κ2) is 7.87. The Kier molecular flexibility index (Phi) is 5.58. The van der Waals surface area contributed by atoms with E-state index >= 15 is 0 Å². The molecule has 4 nitrogen and oxygen atoms in total. The standard InChI is InChI=1S/C18H16Cl2N4S/c1-12-4-2-3-5-13(12)11-24-7-6-17(23-24)22-18(25)21-16-9-14(19)8-15(20)10-16/h2-10H,11H2,1H3,(H2,21,22,23,25). The van der Waals surface area contributed by atoms with Crippen molar-refractivity contribution in [3.8, 4) is 0 Å². The number of benzene rings is 2. The highest BCUT2D eigenvalue weighted by molar-refractivity contribution is 7.80. The zero-order chi connectivity index (χ0) is 17.8. The van der Waals surface area contributed by atoms with Crippen LogP contribution < -0.4 is 10.6 Å². The Morgan fingerprint density at radius 2 is 1.80 bits per heavy atom. The predicted octanol–water partition coefficient (Wildman–Crippen LogP) is 5.36. The maximum absolute atomic E-state index is 5.98. The van der Waals surface area contributed by atoms with E-state index in [0.29, 0.717) is 33.2 Å². The van der Waals surface area contributed by atoms with Crippen LogP contribution in [0, 0.1) is 6.92 Å². The van der Waals surface area contributed by atoms with Crippen LogP contribution in [0.5, 0.6) is 0 Å². The summed E-state index contributed by atoms with van der Waals surface area (Å²) in [6, 6.07) is 15.3. The second-order valence-corrected chi connectivity index (χ2v) is 6.84. The average Bonchev–Trinajstić information content (AvgIpc) is 2.95. The van der Waals surface area contributed by atoms with Gasteiger partial charge in [0, 0.05) is 28.0 Å². The van der Waals surface area contributed by atoms with Crippen LogP contribution in [0.2, 0.25) is 10.0 Å². The largest absolute Gasteiger partial charge is 0.332 e. The maximum Gasteiger partial charge on any atom is 0.176 e. The number of aromatic nitrogens is 2. The zero-order valence-corrected chi connectivity index (χ0v) is 15.8. The highest BCUT2D eigenvalue weighted by Crippen LogP contribution is 2.22. The molecule has 0 radical (unpaired) electrons. The number of rotatable bonds is 4. The third kappa shape index (κ3) is 4.95. The predicted molar refractivity (Wildman–Crippen MR) is 109 cm³/mol. The van der Waals surface area contributed by atoms with E-state index in [1.807, 2.05) is 29.1 Å². The summed E-state index contributed by atoms with van der Waals surface area (Å²) in [6.45, 7) is 2.80. The molecule has 0 spiro atoms. The van der Waals surface area contributed by atoms with E-state index in [2.05, 4.69) is 34.8 Å². The maximum atomic E-state index is 5.98. The van der Waals surface area contributed by atoms with Crippen molar-refractivity contribution in [2.24, 2.45) is 0 Å². The van der Waals surface area contributed by atoms with Gasteiger partial charge in [-0.1, -0.05) is 47.5 Å². The summed E-state index contributed by atoms with van der Waals surface area (Å²) in [5, 5.41) is 12.1. The Bertz CT molecular complexity index is 887. The monoisotopic (exact) mass is 390 g/mol. The molecule has 0 atom stereocenters. The van der Waals surface area contributed by atoms with E-state index in [-0.39, 0.29) is 0 Å². The minimum absolute atomic E-state index is 0.416. The van der Waals surface area contributed by atoms with Crippen LogP contribution in [0.1, 0.15) is 11.1 Å². The molecule has 7 heteroatoms. The van der Waals surface area contributed by atoms with Crippen molar-refractivity contribution in [3.63, 3.8) is 0 Å². The summed E-state index contributed by atoms with van der Waals surface area (Å²) in [5.41, 5.74) is 3.18. The van der Waals surface area contributed by atoms with E-state index < -0.39 is 0 Å². The Balaban J connectivity index is 1.63. The number of nitrogens with zero attached hydrogens (tertiary/aromatic N) is 2. The summed E-state index contributed by atoms with van der Waals surface area (Å²) in [5.74, 6) is 0.666. The lowest BCUT2D eigenvalue weighted by atomic mass is 10.1. The van der Waals surface area contributed by atoms with Crippen molar-refractivity contribution < 1.29 is 0 Å². The van der Waals surface area contributed by atoms with Gasteiger partial charge in [0.05, 0.1) is 6.54 Å². The van der Waals surface area contributed by atoms with E-state index in [9.17, 15) is 0 Å². The molecule has 0 saturated heterocycles. The molecule has 1 aromatic heterocycles. The van der Waals surface area contributed by atoms with Crippen molar-refractivity contribution in [1.29, 1.82) is 0 Å². The van der Waals surface area contributed by atoms with Crippen LogP contribution in [0.3, 0.4) is 0 Å². The van der Waals surface area contributed by atoms with E-state index in [0.717, 1.165) is 0 Å². The van der Waals surface area contributed by atoms with Gasteiger partial charge in [0.1, 0.15) is 0 Å². The number of hydrogen-bond acceptors (Lipinski definition) is 2. The highest BCUT2D eigenvalue weighted by atomic mass is 35.5. The molecule has 1 heterocycles. The van der Waals surface area contributed by atoms with Crippen LogP contribution in [0.15, 0.2) is 54.7 Å². The van der Waals surface area contributed by atoms with Crippen LogP contribution in [0.4, 0.5) is 11.5 Å². The quantitative estimate of drug-likeness (QED) is 0.588. The molecule has 0 saturated carbocycles. The first-order valence-corrected chi connectivity index (χ1v) is 8.78. The smallest absolute Gasteiger partial charge is 0.176 e. The third-order valence-electron chi connectivity index (χ3n) is 3.60. The average molecular weight is 391 g/mol. The van der Waals surface area contributed by atoms with Crippen molar-refractivity contribution in [3.05, 3.63) is 75.9 Å². The van der Waals surface area contributed by atoms with Gasteiger partial charge in [-0.15, -0.1) is 0 Å². The number of hydrogen-bond donors (Lipinski definition) is 2. The van der Waals surface area contributed by atoms with Crippen LogP contribution in [-0.4, -0.2) is 14.9 Å². The van der Waals surface area contributed by atoms with Gasteiger partial charge in [0.15, 0.2) is 10.9 Å². The molecule has 0 bridgehead atoms. The second-order valence-electron chi connectivity index (χ2n) is 5.56. The van der Waals surface area contributed by atoms with Gasteiger partial charge >= 0.3 is 0 Å². The number of halogens is 2. The molecule has 3 aromatic rings. The summed E-state index contributed by atoms with van der Waals surface area (Å²) >= 11 is 17.3. The number of anilines is 2. The first-order chi connectivity index (χ1) is 12.0. The van der Waals surface area contributed by atoms with Crippen LogP contribution in [0.25, 0.3) is 0 Å². The molecule has 0 aliphatic carbocycles. The Morgan fingerprint density at radius 3 is 2.52 bits per heavy atom. The normalized spacial score (nSPS) is 10.5. The van der Waals surface area contributed by atoms with Crippen LogP contribution in [-0.2, 0) is 6.54 Å². The van der Waals surface area contributed by atoms with Gasteiger partial charge < -0.3 is 10.6 Å². The topological polar surface area (TPSA) is 41.9 Å². The lowest BCUT2D eigenvalue weighted by Gasteiger charge is -2.09. The number of nitrogens with one attached hydrogen (secondary N) is 2. The first kappa shape index (κ1) is 17.7. The molecule has 2 aromatic carbocycles. The van der Waals surface area contributed by atoms with Gasteiger partial charge in [0.25, 0.3) is 0 Å². The molecule has 128 valence electrons. The molecular formula is C18H16Cl2N4S. The number of thiocarbonyl (C=S) groups is 1. The lowest BCUT2D eigenvalue weighted by molar-refractivity contribution is 0.687. The van der Waals surface area contributed by atoms with Gasteiger partial charge in [-0.25, -0.2) is 0 Å². The van der Waals surface area contributed by atoms with Gasteiger partial charge in [0.2, 0.25) is 0 Å². The van der Waals surface area contributed by atoms with E-state index in [4.69, 9.17) is 35.4 Å². The van der Waals surface area contributed by atoms with Crippen molar-refractivity contribution in [1.82, 2.24) is 9.78 Å². The summed E-state index contributed by atoms with van der Waals surface area (Å²) in [7, 11) is 0. The molecule has 0 amide bonds. The third-order valence-corrected chi connectivity index (χ3v) is 4.24. The zero-order valence-electron chi connectivity index (χ0n) is 13.5. The molecule has 3 rings (SSSR count). The fourth-order valence-corrected chi connectivity index (χ4v) is 3.13. The van der Waals surface area contributed by atoms with Gasteiger partial charge in [-0.05, 0) is 48.5 Å². The Labute approximate surface area is 161 Å². The van der Waals surface area contributed by atoms with E-state index in [1.165, 1.54) is 11.1 Å². The molecule has 0 fully saturated rings. The first-order valence-electron chi connectivity index (χ1n) is 7.62. The fraction of sp³-hybridized carbons (Fsp3) is 0.111. The summed E-state index contributed by atoms with van der Waals surface area (Å²) < 4.78 is 1.86. The summed E-state index contributed by atoms with van der Waals surface area (Å²) in [4.78, 5) is 0. The molecule has 0 aliphatic heterocycles. The van der Waals surface area contributed by atoms with Crippen molar-refractivity contribution in [2.75, 3.05) is 10.6 Å². The molecule has 0 aliphatic rings. The Hall–Kier alpha value is -2.08. The van der Waals surface area contributed by atoms with E-state index in [1.54, 1.807) is 18.2 Å². The molecular weight excluding hydrogens is 375 g/mol. The molecule has 2 N–H and O–H groups in total. The summed E-state index contributed by atoms with van der Waals surface area (Å²) in [6.07, 6.45) is 1.91. The molecule has 0 unspecified atom stereocenters. The Morgan fingerprint density at radius 1 is 1.08 bits per heavy atom. The van der Waals surface area contributed by atoms with Crippen molar-refractivity contribution >= 4 is 52.0 Å². The fourth-order valence-electron chi connectivity index (χ4n) is 2.38. The SMILES string of the molecule is Cc1ccccc1Cn1ccc(NC(=S)Nc2cc(Cl)cc(Cl)c2)n1. The van der Waals surface area contributed by atoms with Gasteiger partial charge in [-0.3, -0.25) is 4.68 Å².